The number of rotatable bonds is 6. The first-order chi connectivity index (χ1) is 14.6. The molecule has 3 aromatic heterocycles. The molecule has 0 atom stereocenters. The number of aromatic nitrogens is 4. The average molecular weight is 401 g/mol. The van der Waals surface area contributed by atoms with E-state index in [1.807, 2.05) is 42.1 Å². The van der Waals surface area contributed by atoms with Crippen molar-refractivity contribution in [1.29, 1.82) is 0 Å². The number of pyridine rings is 2. The van der Waals surface area contributed by atoms with Crippen molar-refractivity contribution in [2.24, 2.45) is 0 Å². The van der Waals surface area contributed by atoms with Crippen LogP contribution in [0.3, 0.4) is 0 Å². The van der Waals surface area contributed by atoms with Gasteiger partial charge in [0.1, 0.15) is 5.82 Å². The molecule has 4 aromatic rings. The van der Waals surface area contributed by atoms with Gasteiger partial charge in [-0.2, -0.15) is 5.10 Å². The molecule has 0 spiro atoms. The first kappa shape index (κ1) is 19.4. The van der Waals surface area contributed by atoms with Gasteiger partial charge in [0.2, 0.25) is 0 Å². The Morgan fingerprint density at radius 2 is 1.83 bits per heavy atom. The van der Waals surface area contributed by atoms with Crippen LogP contribution in [0.2, 0.25) is 0 Å². The second-order valence-corrected chi connectivity index (χ2v) is 6.79. The number of carbonyl (C=O) groups is 1. The number of hydrogen-bond donors (Lipinski definition) is 1. The third kappa shape index (κ3) is 4.10. The molecule has 4 rings (SSSR count). The highest BCUT2D eigenvalue weighted by Gasteiger charge is 2.16. The van der Waals surface area contributed by atoms with E-state index in [9.17, 15) is 9.18 Å². The number of carbonyl (C=O) groups excluding carboxylic acids is 1. The van der Waals surface area contributed by atoms with E-state index >= 15 is 0 Å². The van der Waals surface area contributed by atoms with Gasteiger partial charge in [-0.15, -0.1) is 0 Å². The van der Waals surface area contributed by atoms with Crippen molar-refractivity contribution in [1.82, 2.24) is 25.1 Å². The number of hydrogen-bond acceptors (Lipinski definition) is 4. The highest BCUT2D eigenvalue weighted by Crippen LogP contribution is 2.31. The number of halogens is 1. The molecule has 150 valence electrons. The Labute approximate surface area is 173 Å². The summed E-state index contributed by atoms with van der Waals surface area (Å²) in [5.41, 5.74) is 4.70. The quantitative estimate of drug-likeness (QED) is 0.532. The average Bonchev–Trinajstić information content (AvgIpc) is 3.19. The van der Waals surface area contributed by atoms with Gasteiger partial charge in [-0.1, -0.05) is 12.1 Å². The van der Waals surface area contributed by atoms with Crippen molar-refractivity contribution in [3.63, 3.8) is 0 Å². The van der Waals surface area contributed by atoms with Gasteiger partial charge in [0, 0.05) is 42.0 Å². The first-order valence-electron chi connectivity index (χ1n) is 9.55. The van der Waals surface area contributed by atoms with Gasteiger partial charge in [0.25, 0.3) is 5.91 Å². The lowest BCUT2D eigenvalue weighted by Gasteiger charge is -2.11. The summed E-state index contributed by atoms with van der Waals surface area (Å²) in [4.78, 5) is 20.8. The third-order valence-corrected chi connectivity index (χ3v) is 4.74. The normalized spacial score (nSPS) is 10.7. The van der Waals surface area contributed by atoms with Crippen LogP contribution in [0.15, 0.2) is 73.3 Å². The van der Waals surface area contributed by atoms with Crippen LogP contribution in [0.1, 0.15) is 16.1 Å². The Kier molecular flexibility index (Phi) is 5.61. The molecule has 0 aliphatic heterocycles. The Bertz CT molecular complexity index is 1160. The molecular formula is C23H20FN5O. The summed E-state index contributed by atoms with van der Waals surface area (Å²) in [6.07, 6.45) is 7.08. The zero-order valence-electron chi connectivity index (χ0n) is 16.4. The molecule has 0 unspecified atom stereocenters. The topological polar surface area (TPSA) is 72.7 Å². The molecule has 0 saturated carbocycles. The predicted octanol–water partition coefficient (Wildman–Crippen LogP) is 3.88. The van der Waals surface area contributed by atoms with E-state index in [-0.39, 0.29) is 5.56 Å². The summed E-state index contributed by atoms with van der Waals surface area (Å²) in [5, 5.41) is 7.28. The largest absolute Gasteiger partial charge is 0.350 e. The Balaban J connectivity index is 1.59. The van der Waals surface area contributed by atoms with Crippen LogP contribution in [0.4, 0.5) is 4.39 Å². The minimum absolute atomic E-state index is 0.0263. The van der Waals surface area contributed by atoms with Crippen LogP contribution in [0.25, 0.3) is 22.4 Å². The number of aryl methyl sites for hydroxylation is 1. The van der Waals surface area contributed by atoms with Gasteiger partial charge >= 0.3 is 0 Å². The summed E-state index contributed by atoms with van der Waals surface area (Å²) in [7, 11) is 0. The molecule has 6 nitrogen and oxygen atoms in total. The smallest absolute Gasteiger partial charge is 0.254 e. The van der Waals surface area contributed by atoms with Crippen molar-refractivity contribution < 1.29 is 9.18 Å². The number of benzene rings is 1. The SMILES string of the molecule is Cc1ccc(-c2c(-c3ccncc3)cnn2CCNC(=O)c2ccccc2F)cn1. The second kappa shape index (κ2) is 8.65. The van der Waals surface area contributed by atoms with E-state index < -0.39 is 11.7 Å². The summed E-state index contributed by atoms with van der Waals surface area (Å²) < 4.78 is 15.6. The Morgan fingerprint density at radius 3 is 2.57 bits per heavy atom. The maximum absolute atomic E-state index is 13.8. The number of amides is 1. The van der Waals surface area contributed by atoms with Crippen molar-refractivity contribution in [2.75, 3.05) is 6.54 Å². The van der Waals surface area contributed by atoms with Crippen LogP contribution in [-0.2, 0) is 6.54 Å². The molecule has 0 bridgehead atoms. The Morgan fingerprint density at radius 1 is 1.03 bits per heavy atom. The van der Waals surface area contributed by atoms with Crippen LogP contribution in [0.5, 0.6) is 0 Å². The van der Waals surface area contributed by atoms with E-state index in [0.29, 0.717) is 13.1 Å². The van der Waals surface area contributed by atoms with Gasteiger partial charge in [0.15, 0.2) is 0 Å². The van der Waals surface area contributed by atoms with Crippen molar-refractivity contribution in [3.8, 4) is 22.4 Å². The fraction of sp³-hybridized carbons (Fsp3) is 0.130. The van der Waals surface area contributed by atoms with Gasteiger partial charge in [-0.05, 0) is 48.9 Å². The molecule has 1 N–H and O–H groups in total. The molecular weight excluding hydrogens is 381 g/mol. The summed E-state index contributed by atoms with van der Waals surface area (Å²) in [6.45, 7) is 2.66. The number of nitrogens with one attached hydrogen (secondary N) is 1. The summed E-state index contributed by atoms with van der Waals surface area (Å²) in [6, 6.07) is 13.7. The third-order valence-electron chi connectivity index (χ3n) is 4.74. The van der Waals surface area contributed by atoms with E-state index in [1.165, 1.54) is 12.1 Å². The zero-order valence-corrected chi connectivity index (χ0v) is 16.4. The minimum atomic E-state index is -0.541. The van der Waals surface area contributed by atoms with Gasteiger partial charge in [0.05, 0.1) is 24.0 Å². The Hall–Kier alpha value is -3.87. The van der Waals surface area contributed by atoms with E-state index in [4.69, 9.17) is 0 Å². The van der Waals surface area contributed by atoms with Gasteiger partial charge in [-0.25, -0.2) is 4.39 Å². The van der Waals surface area contributed by atoms with Crippen LogP contribution < -0.4 is 5.32 Å². The lowest BCUT2D eigenvalue weighted by molar-refractivity contribution is 0.0948. The van der Waals surface area contributed by atoms with Crippen molar-refractivity contribution in [2.45, 2.75) is 13.5 Å². The molecule has 0 aliphatic carbocycles. The second-order valence-electron chi connectivity index (χ2n) is 6.79. The van der Waals surface area contributed by atoms with Crippen LogP contribution in [0, 0.1) is 12.7 Å². The monoisotopic (exact) mass is 401 g/mol. The molecule has 1 amide bonds. The fourth-order valence-corrected chi connectivity index (χ4v) is 3.23. The molecule has 0 fully saturated rings. The predicted molar refractivity (Wildman–Crippen MR) is 112 cm³/mol. The molecule has 1 aromatic carbocycles. The van der Waals surface area contributed by atoms with Gasteiger partial charge < -0.3 is 5.32 Å². The highest BCUT2D eigenvalue weighted by molar-refractivity contribution is 5.94. The summed E-state index contributed by atoms with van der Waals surface area (Å²) in [5.74, 6) is -0.992. The zero-order chi connectivity index (χ0) is 20.9. The fourth-order valence-electron chi connectivity index (χ4n) is 3.23. The minimum Gasteiger partial charge on any atom is -0.350 e. The lowest BCUT2D eigenvalue weighted by Crippen LogP contribution is -2.28. The van der Waals surface area contributed by atoms with Crippen molar-refractivity contribution >= 4 is 5.91 Å². The molecule has 7 heteroatoms. The molecule has 3 heterocycles. The van der Waals surface area contributed by atoms with Gasteiger partial charge in [-0.3, -0.25) is 19.4 Å². The standard InChI is InChI=1S/C23H20FN5O/c1-16-6-7-18(14-27-16)22-20(17-8-10-25-11-9-17)15-28-29(22)13-12-26-23(30)19-4-2-3-5-21(19)24/h2-11,14-15H,12-13H2,1H3,(H,26,30). The molecule has 0 aliphatic rings. The van der Waals surface area contributed by atoms with Crippen LogP contribution in [-0.4, -0.2) is 32.2 Å². The maximum Gasteiger partial charge on any atom is 0.254 e. The highest BCUT2D eigenvalue weighted by atomic mass is 19.1. The van der Waals surface area contributed by atoms with Crippen LogP contribution >= 0.6 is 0 Å². The van der Waals surface area contributed by atoms with Crippen molar-refractivity contribution in [3.05, 3.63) is 90.4 Å². The molecule has 0 saturated heterocycles. The van der Waals surface area contributed by atoms with E-state index in [1.54, 1.807) is 30.7 Å². The molecule has 30 heavy (non-hydrogen) atoms. The van der Waals surface area contributed by atoms with E-state index in [2.05, 4.69) is 20.4 Å². The first-order valence-corrected chi connectivity index (χ1v) is 9.55. The maximum atomic E-state index is 13.8. The summed E-state index contributed by atoms with van der Waals surface area (Å²) >= 11 is 0. The molecule has 0 radical (unpaired) electrons. The number of nitrogens with zero attached hydrogens (tertiary/aromatic N) is 4. The lowest BCUT2D eigenvalue weighted by atomic mass is 10.0. The van der Waals surface area contributed by atoms with E-state index in [0.717, 1.165) is 28.1 Å².